The molecule has 0 fully saturated rings. The van der Waals surface area contributed by atoms with Crippen LogP contribution in [0.15, 0.2) is 54.6 Å². The summed E-state index contributed by atoms with van der Waals surface area (Å²) in [5.41, 5.74) is 0.840. The molecule has 0 saturated carbocycles. The Morgan fingerprint density at radius 2 is 1.82 bits per heavy atom. The Labute approximate surface area is 104 Å². The minimum absolute atomic E-state index is 0.315. The molecule has 1 N–H and O–H groups in total. The molecule has 0 saturated heterocycles. The van der Waals surface area contributed by atoms with E-state index in [0.29, 0.717) is 5.75 Å². The van der Waals surface area contributed by atoms with Gasteiger partial charge in [-0.3, -0.25) is 0 Å². The van der Waals surface area contributed by atoms with E-state index in [9.17, 15) is 5.11 Å². The van der Waals surface area contributed by atoms with Crippen LogP contribution in [0.5, 0.6) is 5.75 Å². The van der Waals surface area contributed by atoms with Crippen LogP contribution in [-0.4, -0.2) is 5.11 Å². The lowest BCUT2D eigenvalue weighted by atomic mass is 10.2. The van der Waals surface area contributed by atoms with Gasteiger partial charge in [-0.15, -0.1) is 0 Å². The van der Waals surface area contributed by atoms with Gasteiger partial charge in [-0.1, -0.05) is 74.4 Å². The van der Waals surface area contributed by atoms with Crippen molar-refractivity contribution >= 4 is 6.08 Å². The minimum atomic E-state index is 0.315. The molecule has 0 heterocycles. The molecule has 0 aromatic heterocycles. The standard InChI is InChI=1S/C16H20O/c1-2-3-4-5-6-7-8-9-12-15-13-10-11-14-16(15)17/h5-14,17H,2-4H2,1H3/b6-5+,8-7+,12-9+. The average molecular weight is 228 g/mol. The molecular weight excluding hydrogens is 208 g/mol. The summed E-state index contributed by atoms with van der Waals surface area (Å²) in [6.45, 7) is 2.19. The first-order chi connectivity index (χ1) is 8.34. The van der Waals surface area contributed by atoms with Crippen molar-refractivity contribution in [3.63, 3.8) is 0 Å². The van der Waals surface area contributed by atoms with E-state index in [1.54, 1.807) is 6.07 Å². The van der Waals surface area contributed by atoms with Gasteiger partial charge in [0.05, 0.1) is 0 Å². The summed E-state index contributed by atoms with van der Waals surface area (Å²) in [7, 11) is 0. The molecule has 1 aromatic carbocycles. The SMILES string of the molecule is CCCC/C=C/C=C/C=C/c1ccccc1O. The highest BCUT2D eigenvalue weighted by atomic mass is 16.3. The third-order valence-electron chi connectivity index (χ3n) is 2.41. The topological polar surface area (TPSA) is 20.2 Å². The first-order valence-corrected chi connectivity index (χ1v) is 6.12. The van der Waals surface area contributed by atoms with Crippen molar-refractivity contribution in [1.29, 1.82) is 0 Å². The smallest absolute Gasteiger partial charge is 0.122 e. The van der Waals surface area contributed by atoms with Gasteiger partial charge in [-0.2, -0.15) is 0 Å². The van der Waals surface area contributed by atoms with E-state index in [1.165, 1.54) is 12.8 Å². The number of unbranched alkanes of at least 4 members (excludes halogenated alkanes) is 2. The number of hydrogen-bond donors (Lipinski definition) is 1. The summed E-state index contributed by atoms with van der Waals surface area (Å²) in [5, 5.41) is 9.52. The lowest BCUT2D eigenvalue weighted by Crippen LogP contribution is -1.71. The Morgan fingerprint density at radius 3 is 2.59 bits per heavy atom. The lowest BCUT2D eigenvalue weighted by molar-refractivity contribution is 0.474. The van der Waals surface area contributed by atoms with E-state index in [1.807, 2.05) is 42.5 Å². The number of benzene rings is 1. The molecule has 0 aliphatic carbocycles. The van der Waals surface area contributed by atoms with Crippen LogP contribution in [0, 0.1) is 0 Å². The van der Waals surface area contributed by atoms with E-state index >= 15 is 0 Å². The monoisotopic (exact) mass is 228 g/mol. The number of hydrogen-bond acceptors (Lipinski definition) is 1. The molecule has 0 aliphatic rings. The molecule has 1 aromatic rings. The molecule has 1 nitrogen and oxygen atoms in total. The summed E-state index contributed by atoms with van der Waals surface area (Å²) < 4.78 is 0. The highest BCUT2D eigenvalue weighted by Crippen LogP contribution is 2.16. The van der Waals surface area contributed by atoms with Crippen LogP contribution < -0.4 is 0 Å². The van der Waals surface area contributed by atoms with Gasteiger partial charge in [0, 0.05) is 5.56 Å². The van der Waals surface area contributed by atoms with Crippen LogP contribution in [0.4, 0.5) is 0 Å². The zero-order valence-corrected chi connectivity index (χ0v) is 10.3. The zero-order valence-electron chi connectivity index (χ0n) is 10.3. The molecule has 0 unspecified atom stereocenters. The van der Waals surface area contributed by atoms with E-state index in [4.69, 9.17) is 0 Å². The maximum atomic E-state index is 9.52. The van der Waals surface area contributed by atoms with Crippen molar-refractivity contribution in [2.45, 2.75) is 26.2 Å². The highest BCUT2D eigenvalue weighted by molar-refractivity contribution is 5.57. The lowest BCUT2D eigenvalue weighted by Gasteiger charge is -1.95. The fourth-order valence-electron chi connectivity index (χ4n) is 1.41. The van der Waals surface area contributed by atoms with Gasteiger partial charge < -0.3 is 5.11 Å². The van der Waals surface area contributed by atoms with Gasteiger partial charge in [0.15, 0.2) is 0 Å². The molecule has 0 spiro atoms. The maximum absolute atomic E-state index is 9.52. The Bertz CT molecular complexity index is 400. The number of phenols is 1. The van der Waals surface area contributed by atoms with Crippen molar-refractivity contribution in [2.24, 2.45) is 0 Å². The van der Waals surface area contributed by atoms with Crippen molar-refractivity contribution < 1.29 is 5.11 Å². The van der Waals surface area contributed by atoms with Gasteiger partial charge in [-0.25, -0.2) is 0 Å². The summed E-state index contributed by atoms with van der Waals surface area (Å²) in [5.74, 6) is 0.315. The normalized spacial score (nSPS) is 12.1. The van der Waals surface area contributed by atoms with Gasteiger partial charge in [0.25, 0.3) is 0 Å². The number of aromatic hydroxyl groups is 1. The van der Waals surface area contributed by atoms with Crippen LogP contribution in [-0.2, 0) is 0 Å². The first-order valence-electron chi connectivity index (χ1n) is 6.12. The Morgan fingerprint density at radius 1 is 1.06 bits per heavy atom. The third kappa shape index (κ3) is 5.76. The quantitative estimate of drug-likeness (QED) is 0.552. The summed E-state index contributed by atoms with van der Waals surface area (Å²) >= 11 is 0. The average Bonchev–Trinajstić information content (AvgIpc) is 2.35. The summed E-state index contributed by atoms with van der Waals surface area (Å²) in [6, 6.07) is 7.30. The molecule has 1 heteroatoms. The molecule has 90 valence electrons. The molecule has 17 heavy (non-hydrogen) atoms. The fraction of sp³-hybridized carbons (Fsp3) is 0.250. The van der Waals surface area contributed by atoms with E-state index < -0.39 is 0 Å². The fourth-order valence-corrected chi connectivity index (χ4v) is 1.41. The Hall–Kier alpha value is -1.76. The predicted molar refractivity (Wildman–Crippen MR) is 74.9 cm³/mol. The van der Waals surface area contributed by atoms with Crippen molar-refractivity contribution in [3.05, 3.63) is 60.2 Å². The number of rotatable bonds is 6. The van der Waals surface area contributed by atoms with Crippen LogP contribution in [0.1, 0.15) is 31.7 Å². The number of para-hydroxylation sites is 1. The molecule has 0 atom stereocenters. The second-order valence-corrected chi connectivity index (χ2v) is 3.87. The van der Waals surface area contributed by atoms with Crippen LogP contribution >= 0.6 is 0 Å². The number of phenolic OH excluding ortho intramolecular Hbond substituents is 1. The molecule has 0 aliphatic heterocycles. The largest absolute Gasteiger partial charge is 0.507 e. The Kier molecular flexibility index (Phi) is 6.57. The van der Waals surface area contributed by atoms with Gasteiger partial charge in [0.2, 0.25) is 0 Å². The van der Waals surface area contributed by atoms with Crippen LogP contribution in [0.3, 0.4) is 0 Å². The number of allylic oxidation sites excluding steroid dienone is 5. The maximum Gasteiger partial charge on any atom is 0.122 e. The highest BCUT2D eigenvalue weighted by Gasteiger charge is 1.91. The first kappa shape index (κ1) is 13.3. The summed E-state index contributed by atoms with van der Waals surface area (Å²) in [4.78, 5) is 0. The molecule has 1 rings (SSSR count). The van der Waals surface area contributed by atoms with Gasteiger partial charge >= 0.3 is 0 Å². The second kappa shape index (κ2) is 8.40. The van der Waals surface area contributed by atoms with Crippen LogP contribution in [0.2, 0.25) is 0 Å². The van der Waals surface area contributed by atoms with E-state index in [-0.39, 0.29) is 0 Å². The zero-order chi connectivity index (χ0) is 12.3. The molecule has 0 amide bonds. The van der Waals surface area contributed by atoms with Crippen molar-refractivity contribution in [1.82, 2.24) is 0 Å². The summed E-state index contributed by atoms with van der Waals surface area (Å²) in [6.07, 6.45) is 15.7. The van der Waals surface area contributed by atoms with Crippen molar-refractivity contribution in [3.8, 4) is 5.75 Å². The molecule has 0 bridgehead atoms. The van der Waals surface area contributed by atoms with Gasteiger partial charge in [-0.05, 0) is 12.5 Å². The predicted octanol–water partition coefficient (Wildman–Crippen LogP) is 4.71. The third-order valence-corrected chi connectivity index (χ3v) is 2.41. The van der Waals surface area contributed by atoms with E-state index in [0.717, 1.165) is 12.0 Å². The Balaban J connectivity index is 2.37. The van der Waals surface area contributed by atoms with E-state index in [2.05, 4.69) is 19.1 Å². The molecular formula is C16H20O. The second-order valence-electron chi connectivity index (χ2n) is 3.87. The van der Waals surface area contributed by atoms with Crippen LogP contribution in [0.25, 0.3) is 6.08 Å². The molecule has 0 radical (unpaired) electrons. The minimum Gasteiger partial charge on any atom is -0.507 e. The van der Waals surface area contributed by atoms with Crippen molar-refractivity contribution in [2.75, 3.05) is 0 Å². The van der Waals surface area contributed by atoms with Gasteiger partial charge in [0.1, 0.15) is 5.75 Å².